The van der Waals surface area contributed by atoms with Crippen LogP contribution in [0.25, 0.3) is 0 Å². The van der Waals surface area contributed by atoms with Crippen LogP contribution in [-0.4, -0.2) is 41.0 Å². The molecule has 0 unspecified atom stereocenters. The first-order valence-electron chi connectivity index (χ1n) is 9.25. The minimum atomic E-state index is -0.298. The topological polar surface area (TPSA) is 78.5 Å². The number of nitrogens with zero attached hydrogens (tertiary/aromatic N) is 1. The summed E-state index contributed by atoms with van der Waals surface area (Å²) in [7, 11) is 0. The molecule has 6 nitrogen and oxygen atoms in total. The van der Waals surface area contributed by atoms with Gasteiger partial charge in [0.15, 0.2) is 0 Å². The molecule has 1 aliphatic heterocycles. The summed E-state index contributed by atoms with van der Waals surface area (Å²) in [6.07, 6.45) is 0. The predicted octanol–water partition coefficient (Wildman–Crippen LogP) is 3.85. The molecule has 146 valence electrons. The SMILES string of the molecule is CCN(CC)C(=O)c1cccc(NC(=O)c2ccc3c(c2)NC(=O)[C@@H](C)S3)c1. The second-order valence-corrected chi connectivity index (χ2v) is 7.86. The standard InChI is InChI=1S/C21H23N3O3S/c1-4-24(5-2)21(27)15-7-6-8-16(11-15)22-20(26)14-9-10-18-17(12-14)23-19(25)13(3)28-18/h6-13H,4-5H2,1-3H3,(H,22,26)(H,23,25)/t13-/m1/s1. The zero-order valence-electron chi connectivity index (χ0n) is 16.1. The number of rotatable bonds is 5. The van der Waals surface area contributed by atoms with E-state index in [2.05, 4.69) is 10.6 Å². The van der Waals surface area contributed by atoms with Crippen molar-refractivity contribution in [3.8, 4) is 0 Å². The van der Waals surface area contributed by atoms with Crippen LogP contribution in [0.15, 0.2) is 47.4 Å². The van der Waals surface area contributed by atoms with Crippen molar-refractivity contribution in [3.05, 3.63) is 53.6 Å². The summed E-state index contributed by atoms with van der Waals surface area (Å²) < 4.78 is 0. The Labute approximate surface area is 168 Å². The summed E-state index contributed by atoms with van der Waals surface area (Å²) in [5.74, 6) is -0.436. The first kappa shape index (κ1) is 19.9. The van der Waals surface area contributed by atoms with Gasteiger partial charge in [0.25, 0.3) is 11.8 Å². The molecule has 0 aromatic heterocycles. The van der Waals surface area contributed by atoms with E-state index in [1.54, 1.807) is 41.3 Å². The molecule has 3 amide bonds. The van der Waals surface area contributed by atoms with Gasteiger partial charge >= 0.3 is 0 Å². The summed E-state index contributed by atoms with van der Waals surface area (Å²) >= 11 is 1.47. The van der Waals surface area contributed by atoms with E-state index < -0.39 is 0 Å². The molecule has 2 N–H and O–H groups in total. The molecule has 3 rings (SSSR count). The van der Waals surface area contributed by atoms with Gasteiger partial charge in [0.05, 0.1) is 10.9 Å². The van der Waals surface area contributed by atoms with Crippen LogP contribution in [0.2, 0.25) is 0 Å². The summed E-state index contributed by atoms with van der Waals surface area (Å²) in [5.41, 5.74) is 2.17. The largest absolute Gasteiger partial charge is 0.339 e. The van der Waals surface area contributed by atoms with Crippen LogP contribution in [0.3, 0.4) is 0 Å². The average molecular weight is 398 g/mol. The lowest BCUT2D eigenvalue weighted by Gasteiger charge is -2.21. The van der Waals surface area contributed by atoms with E-state index in [9.17, 15) is 14.4 Å². The smallest absolute Gasteiger partial charge is 0.255 e. The molecule has 0 bridgehead atoms. The second kappa shape index (κ2) is 8.48. The van der Waals surface area contributed by atoms with E-state index >= 15 is 0 Å². The van der Waals surface area contributed by atoms with Gasteiger partial charge in [0.2, 0.25) is 5.91 Å². The van der Waals surface area contributed by atoms with Crippen LogP contribution < -0.4 is 10.6 Å². The number of hydrogen-bond donors (Lipinski definition) is 2. The van der Waals surface area contributed by atoms with E-state index in [0.717, 1.165) is 4.90 Å². The van der Waals surface area contributed by atoms with E-state index in [-0.39, 0.29) is 23.0 Å². The molecule has 0 aliphatic carbocycles. The normalized spacial score (nSPS) is 15.4. The third-order valence-electron chi connectivity index (χ3n) is 4.59. The molecule has 28 heavy (non-hydrogen) atoms. The highest BCUT2D eigenvalue weighted by molar-refractivity contribution is 8.00. The van der Waals surface area contributed by atoms with Crippen molar-refractivity contribution in [3.63, 3.8) is 0 Å². The number of carbonyl (C=O) groups is 3. The Morgan fingerprint density at radius 3 is 2.57 bits per heavy atom. The van der Waals surface area contributed by atoms with Crippen molar-refractivity contribution in [2.75, 3.05) is 23.7 Å². The first-order valence-corrected chi connectivity index (χ1v) is 10.1. The van der Waals surface area contributed by atoms with E-state index in [1.807, 2.05) is 26.8 Å². The van der Waals surface area contributed by atoms with Gasteiger partial charge in [0.1, 0.15) is 0 Å². The molecule has 1 atom stereocenters. The predicted molar refractivity (Wildman–Crippen MR) is 112 cm³/mol. The van der Waals surface area contributed by atoms with Gasteiger partial charge in [-0.2, -0.15) is 0 Å². The van der Waals surface area contributed by atoms with Crippen molar-refractivity contribution in [2.24, 2.45) is 0 Å². The molecular weight excluding hydrogens is 374 g/mol. The van der Waals surface area contributed by atoms with Gasteiger partial charge in [-0.1, -0.05) is 6.07 Å². The van der Waals surface area contributed by atoms with Gasteiger partial charge < -0.3 is 15.5 Å². The zero-order chi connectivity index (χ0) is 20.3. The van der Waals surface area contributed by atoms with Crippen LogP contribution >= 0.6 is 11.8 Å². The number of hydrogen-bond acceptors (Lipinski definition) is 4. The number of amides is 3. The molecule has 2 aromatic carbocycles. The van der Waals surface area contributed by atoms with Gasteiger partial charge in [-0.05, 0) is 57.2 Å². The van der Waals surface area contributed by atoms with E-state index in [4.69, 9.17) is 0 Å². The van der Waals surface area contributed by atoms with E-state index in [1.165, 1.54) is 11.8 Å². The summed E-state index contributed by atoms with van der Waals surface area (Å²) in [4.78, 5) is 39.7. The van der Waals surface area contributed by atoms with Crippen LogP contribution in [0.1, 0.15) is 41.5 Å². The number of nitrogens with one attached hydrogen (secondary N) is 2. The second-order valence-electron chi connectivity index (χ2n) is 6.47. The van der Waals surface area contributed by atoms with Crippen LogP contribution in [0.5, 0.6) is 0 Å². The van der Waals surface area contributed by atoms with Crippen LogP contribution in [0.4, 0.5) is 11.4 Å². The maximum absolute atomic E-state index is 12.6. The molecule has 0 saturated carbocycles. The lowest BCUT2D eigenvalue weighted by atomic mass is 10.1. The van der Waals surface area contributed by atoms with Crippen molar-refractivity contribution >= 4 is 40.9 Å². The van der Waals surface area contributed by atoms with Gasteiger partial charge in [-0.3, -0.25) is 14.4 Å². The Kier molecular flexibility index (Phi) is 6.04. The average Bonchev–Trinajstić information content (AvgIpc) is 2.69. The van der Waals surface area contributed by atoms with E-state index in [0.29, 0.717) is 35.6 Å². The lowest BCUT2D eigenvalue weighted by Crippen LogP contribution is -2.30. The monoisotopic (exact) mass is 397 g/mol. The van der Waals surface area contributed by atoms with Gasteiger partial charge in [-0.15, -0.1) is 11.8 Å². The molecular formula is C21H23N3O3S. The minimum Gasteiger partial charge on any atom is -0.339 e. The highest BCUT2D eigenvalue weighted by Crippen LogP contribution is 2.36. The van der Waals surface area contributed by atoms with Crippen molar-refractivity contribution in [2.45, 2.75) is 30.9 Å². The minimum absolute atomic E-state index is 0.0660. The number of carbonyl (C=O) groups excluding carboxylic acids is 3. The Hall–Kier alpha value is -2.80. The fraction of sp³-hybridized carbons (Fsp3) is 0.286. The maximum atomic E-state index is 12.6. The summed E-state index contributed by atoms with van der Waals surface area (Å²) in [6.45, 7) is 6.96. The van der Waals surface area contributed by atoms with Gasteiger partial charge in [-0.25, -0.2) is 0 Å². The Bertz CT molecular complexity index is 925. The quantitative estimate of drug-likeness (QED) is 0.803. The lowest BCUT2D eigenvalue weighted by molar-refractivity contribution is -0.115. The first-order chi connectivity index (χ1) is 13.4. The molecule has 7 heteroatoms. The molecule has 1 heterocycles. The van der Waals surface area contributed by atoms with Crippen LogP contribution in [0, 0.1) is 0 Å². The molecule has 1 aliphatic rings. The number of thioether (sulfide) groups is 1. The third kappa shape index (κ3) is 4.20. The van der Waals surface area contributed by atoms with Crippen molar-refractivity contribution in [1.29, 1.82) is 0 Å². The number of anilines is 2. The highest BCUT2D eigenvalue weighted by atomic mass is 32.2. The molecule has 2 aromatic rings. The molecule has 0 radical (unpaired) electrons. The van der Waals surface area contributed by atoms with Gasteiger partial charge in [0, 0.05) is 34.8 Å². The molecule has 0 spiro atoms. The zero-order valence-corrected chi connectivity index (χ0v) is 16.9. The Morgan fingerprint density at radius 2 is 1.86 bits per heavy atom. The van der Waals surface area contributed by atoms with Crippen LogP contribution in [-0.2, 0) is 4.79 Å². The Balaban J connectivity index is 1.77. The summed E-state index contributed by atoms with van der Waals surface area (Å²) in [5, 5.41) is 5.50. The fourth-order valence-corrected chi connectivity index (χ4v) is 3.91. The van der Waals surface area contributed by atoms with Crippen molar-refractivity contribution in [1.82, 2.24) is 4.90 Å². The Morgan fingerprint density at radius 1 is 1.11 bits per heavy atom. The molecule has 0 fully saturated rings. The number of benzene rings is 2. The third-order valence-corrected chi connectivity index (χ3v) is 5.77. The molecule has 0 saturated heterocycles. The maximum Gasteiger partial charge on any atom is 0.255 e. The number of fused-ring (bicyclic) bond motifs is 1. The highest BCUT2D eigenvalue weighted by Gasteiger charge is 2.24. The van der Waals surface area contributed by atoms with Crippen molar-refractivity contribution < 1.29 is 14.4 Å². The summed E-state index contributed by atoms with van der Waals surface area (Å²) in [6, 6.07) is 12.2. The fourth-order valence-electron chi connectivity index (χ4n) is 2.98.